The van der Waals surface area contributed by atoms with Gasteiger partial charge in [0, 0.05) is 4.47 Å². The quantitative estimate of drug-likeness (QED) is 0.805. The molecule has 0 fully saturated rings. The summed E-state index contributed by atoms with van der Waals surface area (Å²) < 4.78 is 13.7. The van der Waals surface area contributed by atoms with Crippen molar-refractivity contribution in [1.82, 2.24) is 5.32 Å². The Morgan fingerprint density at radius 2 is 2.15 bits per heavy atom. The van der Waals surface area contributed by atoms with E-state index in [0.29, 0.717) is 0 Å². The van der Waals surface area contributed by atoms with Crippen molar-refractivity contribution in [2.24, 2.45) is 0 Å². The van der Waals surface area contributed by atoms with Crippen molar-refractivity contribution in [3.05, 3.63) is 34.1 Å². The molecule has 1 aromatic rings. The summed E-state index contributed by atoms with van der Waals surface area (Å²) in [5.74, 6) is -0.180. The van der Waals surface area contributed by atoms with Crippen LogP contribution in [0.2, 0.25) is 0 Å². The van der Waals surface area contributed by atoms with Crippen LogP contribution in [0.1, 0.15) is 12.5 Å². The Hall–Kier alpha value is -0.410. The predicted molar refractivity (Wildman–Crippen MR) is 56.3 cm³/mol. The Balaban J connectivity index is 2.56. The summed E-state index contributed by atoms with van der Waals surface area (Å²) in [5.41, 5.74) is 1.02. The Bertz CT molecular complexity index is 255. The van der Waals surface area contributed by atoms with Crippen LogP contribution < -0.4 is 5.32 Å². The molecular formula is C10H13BrFN. The maximum Gasteiger partial charge on any atom is 0.124 e. The summed E-state index contributed by atoms with van der Waals surface area (Å²) in [5, 5.41) is 3.20. The van der Waals surface area contributed by atoms with Gasteiger partial charge in [-0.15, -0.1) is 0 Å². The maximum atomic E-state index is 12.9. The third kappa shape index (κ3) is 3.87. The smallest absolute Gasteiger partial charge is 0.124 e. The van der Waals surface area contributed by atoms with Gasteiger partial charge < -0.3 is 5.32 Å². The Kier molecular flexibility index (Phi) is 4.39. The van der Waals surface area contributed by atoms with E-state index in [1.807, 2.05) is 6.07 Å². The summed E-state index contributed by atoms with van der Waals surface area (Å²) in [6, 6.07) is 4.99. The van der Waals surface area contributed by atoms with Gasteiger partial charge >= 0.3 is 0 Å². The highest BCUT2D eigenvalue weighted by Gasteiger charge is 1.98. The minimum atomic E-state index is -0.180. The van der Waals surface area contributed by atoms with Gasteiger partial charge in [0.1, 0.15) is 5.82 Å². The predicted octanol–water partition coefficient (Wildman–Crippen LogP) is 2.74. The van der Waals surface area contributed by atoms with Crippen LogP contribution in [0.15, 0.2) is 22.7 Å². The first-order valence-electron chi connectivity index (χ1n) is 4.38. The number of hydrogen-bond donors (Lipinski definition) is 1. The van der Waals surface area contributed by atoms with Crippen molar-refractivity contribution in [1.29, 1.82) is 0 Å². The molecule has 0 spiro atoms. The lowest BCUT2D eigenvalue weighted by Gasteiger charge is -2.03. The molecule has 0 amide bonds. The van der Waals surface area contributed by atoms with Crippen molar-refractivity contribution in [2.75, 3.05) is 13.1 Å². The summed E-state index contributed by atoms with van der Waals surface area (Å²) in [6.07, 6.45) is 0.865. The third-order valence-corrected chi connectivity index (χ3v) is 2.22. The van der Waals surface area contributed by atoms with E-state index in [1.165, 1.54) is 6.07 Å². The number of benzene rings is 1. The summed E-state index contributed by atoms with van der Waals surface area (Å²) in [7, 11) is 0. The Morgan fingerprint density at radius 3 is 2.77 bits per heavy atom. The van der Waals surface area contributed by atoms with E-state index in [4.69, 9.17) is 0 Å². The summed E-state index contributed by atoms with van der Waals surface area (Å²) >= 11 is 3.26. The van der Waals surface area contributed by atoms with Crippen LogP contribution in [0.25, 0.3) is 0 Å². The molecule has 3 heteroatoms. The van der Waals surface area contributed by atoms with Crippen LogP contribution in [-0.4, -0.2) is 13.1 Å². The summed E-state index contributed by atoms with van der Waals surface area (Å²) in [4.78, 5) is 0. The van der Waals surface area contributed by atoms with Crippen molar-refractivity contribution in [3.8, 4) is 0 Å². The fraction of sp³-hybridized carbons (Fsp3) is 0.400. The Morgan fingerprint density at radius 1 is 1.38 bits per heavy atom. The van der Waals surface area contributed by atoms with Crippen LogP contribution in [0.4, 0.5) is 4.39 Å². The molecule has 0 aromatic heterocycles. The van der Waals surface area contributed by atoms with Crippen molar-refractivity contribution in [3.63, 3.8) is 0 Å². The van der Waals surface area contributed by atoms with E-state index in [-0.39, 0.29) is 5.82 Å². The molecule has 0 atom stereocenters. The Labute approximate surface area is 86.5 Å². The van der Waals surface area contributed by atoms with Gasteiger partial charge in [0.2, 0.25) is 0 Å². The van der Waals surface area contributed by atoms with E-state index >= 15 is 0 Å². The van der Waals surface area contributed by atoms with Crippen molar-refractivity contribution >= 4 is 15.9 Å². The molecular weight excluding hydrogens is 233 g/mol. The summed E-state index contributed by atoms with van der Waals surface area (Å²) in [6.45, 7) is 3.91. The highest BCUT2D eigenvalue weighted by Crippen LogP contribution is 2.14. The van der Waals surface area contributed by atoms with Gasteiger partial charge in [-0.25, -0.2) is 4.39 Å². The molecule has 0 aliphatic heterocycles. The lowest BCUT2D eigenvalue weighted by molar-refractivity contribution is 0.622. The molecule has 13 heavy (non-hydrogen) atoms. The van der Waals surface area contributed by atoms with E-state index in [0.717, 1.165) is 29.5 Å². The monoisotopic (exact) mass is 245 g/mol. The SMILES string of the molecule is CCNCCc1cc(F)cc(Br)c1. The first-order valence-corrected chi connectivity index (χ1v) is 5.17. The van der Waals surface area contributed by atoms with E-state index in [1.54, 1.807) is 6.07 Å². The molecule has 0 radical (unpaired) electrons. The molecule has 0 aliphatic carbocycles. The van der Waals surface area contributed by atoms with E-state index in [9.17, 15) is 4.39 Å². The number of nitrogens with one attached hydrogen (secondary N) is 1. The first kappa shape index (κ1) is 10.7. The molecule has 1 N–H and O–H groups in total. The van der Waals surface area contributed by atoms with Crippen LogP contribution in [0, 0.1) is 5.82 Å². The average Bonchev–Trinajstić information content (AvgIpc) is 2.03. The number of rotatable bonds is 4. The maximum absolute atomic E-state index is 12.9. The standard InChI is InChI=1S/C10H13BrFN/c1-2-13-4-3-8-5-9(11)7-10(12)6-8/h5-7,13H,2-4H2,1H3. The van der Waals surface area contributed by atoms with Crippen LogP contribution in [0.5, 0.6) is 0 Å². The van der Waals surface area contributed by atoms with E-state index < -0.39 is 0 Å². The van der Waals surface area contributed by atoms with Gasteiger partial charge in [-0.3, -0.25) is 0 Å². The topological polar surface area (TPSA) is 12.0 Å². The van der Waals surface area contributed by atoms with Gasteiger partial charge in [0.05, 0.1) is 0 Å². The zero-order valence-electron chi connectivity index (χ0n) is 7.61. The normalized spacial score (nSPS) is 10.4. The molecule has 0 heterocycles. The van der Waals surface area contributed by atoms with Crippen LogP contribution >= 0.6 is 15.9 Å². The molecule has 1 nitrogen and oxygen atoms in total. The fourth-order valence-corrected chi connectivity index (χ4v) is 1.68. The highest BCUT2D eigenvalue weighted by atomic mass is 79.9. The zero-order chi connectivity index (χ0) is 9.68. The molecule has 1 aromatic carbocycles. The molecule has 0 saturated carbocycles. The zero-order valence-corrected chi connectivity index (χ0v) is 9.20. The highest BCUT2D eigenvalue weighted by molar-refractivity contribution is 9.10. The van der Waals surface area contributed by atoms with Crippen molar-refractivity contribution in [2.45, 2.75) is 13.3 Å². The third-order valence-electron chi connectivity index (χ3n) is 1.76. The van der Waals surface area contributed by atoms with Gasteiger partial charge in [-0.1, -0.05) is 22.9 Å². The lowest BCUT2D eigenvalue weighted by atomic mass is 10.1. The number of halogens is 2. The number of hydrogen-bond acceptors (Lipinski definition) is 1. The van der Waals surface area contributed by atoms with Gasteiger partial charge in [-0.05, 0) is 43.3 Å². The van der Waals surface area contributed by atoms with Gasteiger partial charge in [0.25, 0.3) is 0 Å². The molecule has 0 aliphatic rings. The second kappa shape index (κ2) is 5.35. The lowest BCUT2D eigenvalue weighted by Crippen LogP contribution is -2.16. The fourth-order valence-electron chi connectivity index (χ4n) is 1.16. The molecule has 0 bridgehead atoms. The van der Waals surface area contributed by atoms with E-state index in [2.05, 4.69) is 28.2 Å². The largest absolute Gasteiger partial charge is 0.317 e. The van der Waals surface area contributed by atoms with Gasteiger partial charge in [-0.2, -0.15) is 0 Å². The van der Waals surface area contributed by atoms with Crippen LogP contribution in [-0.2, 0) is 6.42 Å². The number of likely N-dealkylation sites (N-methyl/N-ethyl adjacent to an activating group) is 1. The molecule has 72 valence electrons. The second-order valence-electron chi connectivity index (χ2n) is 2.88. The molecule has 0 unspecified atom stereocenters. The minimum Gasteiger partial charge on any atom is -0.317 e. The minimum absolute atomic E-state index is 0.180. The molecule has 0 saturated heterocycles. The average molecular weight is 246 g/mol. The van der Waals surface area contributed by atoms with Gasteiger partial charge in [0.15, 0.2) is 0 Å². The van der Waals surface area contributed by atoms with Crippen molar-refractivity contribution < 1.29 is 4.39 Å². The van der Waals surface area contributed by atoms with Crippen LogP contribution in [0.3, 0.4) is 0 Å². The molecule has 1 rings (SSSR count). The first-order chi connectivity index (χ1) is 6.22. The second-order valence-corrected chi connectivity index (χ2v) is 3.80.